The van der Waals surface area contributed by atoms with Gasteiger partial charge in [0.05, 0.1) is 11.4 Å². The second kappa shape index (κ2) is 7.30. The van der Waals surface area contributed by atoms with Gasteiger partial charge in [-0.1, -0.05) is 12.1 Å². The molecule has 0 saturated carbocycles. The van der Waals surface area contributed by atoms with E-state index >= 15 is 0 Å². The van der Waals surface area contributed by atoms with Crippen molar-refractivity contribution in [2.75, 3.05) is 36.4 Å². The number of carbonyl (C=O) groups is 3. The largest absolute Gasteiger partial charge is 0.446 e. The summed E-state index contributed by atoms with van der Waals surface area (Å²) in [5.41, 5.74) is 6.63. The number of para-hydroxylation sites is 2. The summed E-state index contributed by atoms with van der Waals surface area (Å²) in [7, 11) is 0. The Bertz CT molecular complexity index is 837. The van der Waals surface area contributed by atoms with Crippen LogP contribution in [0.1, 0.15) is 28.0 Å². The molecule has 1 fully saturated rings. The molecule has 1 aromatic carbocycles. The Labute approximate surface area is 150 Å². The number of hydrogen-bond acceptors (Lipinski definition) is 5. The zero-order chi connectivity index (χ0) is 18.7. The van der Waals surface area contributed by atoms with Crippen molar-refractivity contribution >= 4 is 29.1 Å². The summed E-state index contributed by atoms with van der Waals surface area (Å²) in [4.78, 5) is 38.9. The van der Waals surface area contributed by atoms with Crippen molar-refractivity contribution in [1.82, 2.24) is 4.90 Å². The van der Waals surface area contributed by atoms with Crippen molar-refractivity contribution in [3.8, 4) is 0 Å². The first-order valence-corrected chi connectivity index (χ1v) is 8.26. The Balaban J connectivity index is 1.74. The number of amides is 3. The minimum atomic E-state index is -0.729. The second-order valence-electron chi connectivity index (χ2n) is 5.99. The molecule has 1 aromatic heterocycles. The Morgan fingerprint density at radius 3 is 2.27 bits per heavy atom. The molecule has 136 valence electrons. The summed E-state index contributed by atoms with van der Waals surface area (Å²) >= 11 is 0. The van der Waals surface area contributed by atoms with Crippen molar-refractivity contribution in [1.29, 1.82) is 0 Å². The molecule has 3 amide bonds. The maximum atomic E-state index is 12.4. The molecule has 0 atom stereocenters. The molecule has 3 N–H and O–H groups in total. The second-order valence-corrected chi connectivity index (χ2v) is 5.99. The molecule has 0 radical (unpaired) electrons. The monoisotopic (exact) mass is 356 g/mol. The van der Waals surface area contributed by atoms with Gasteiger partial charge in [0, 0.05) is 33.1 Å². The third-order valence-electron chi connectivity index (χ3n) is 4.29. The first-order chi connectivity index (χ1) is 12.5. The maximum Gasteiger partial charge on any atom is 0.291 e. The molecule has 0 aliphatic carbocycles. The van der Waals surface area contributed by atoms with E-state index in [0.717, 1.165) is 5.69 Å². The van der Waals surface area contributed by atoms with Gasteiger partial charge in [0.15, 0.2) is 11.5 Å². The van der Waals surface area contributed by atoms with Gasteiger partial charge in [-0.3, -0.25) is 14.4 Å². The lowest BCUT2D eigenvalue weighted by Crippen LogP contribution is -2.48. The van der Waals surface area contributed by atoms with Gasteiger partial charge in [0.1, 0.15) is 0 Å². The van der Waals surface area contributed by atoms with Gasteiger partial charge >= 0.3 is 0 Å². The maximum absolute atomic E-state index is 12.4. The number of anilines is 2. The highest BCUT2D eigenvalue weighted by Gasteiger charge is 2.22. The molecule has 3 rings (SSSR count). The molecule has 2 heterocycles. The minimum Gasteiger partial charge on any atom is -0.446 e. The lowest BCUT2D eigenvalue weighted by atomic mass is 10.2. The molecule has 0 unspecified atom stereocenters. The fraction of sp³-hybridized carbons (Fsp3) is 0.278. The number of piperazine rings is 1. The molecule has 8 nitrogen and oxygen atoms in total. The van der Waals surface area contributed by atoms with Crippen molar-refractivity contribution in [2.45, 2.75) is 6.92 Å². The molecule has 1 aliphatic heterocycles. The van der Waals surface area contributed by atoms with Crippen LogP contribution < -0.4 is 16.0 Å². The highest BCUT2D eigenvalue weighted by molar-refractivity contribution is 6.05. The van der Waals surface area contributed by atoms with E-state index in [1.54, 1.807) is 17.9 Å². The summed E-state index contributed by atoms with van der Waals surface area (Å²) in [6, 6.07) is 10.2. The first kappa shape index (κ1) is 17.5. The van der Waals surface area contributed by atoms with E-state index in [2.05, 4.69) is 10.2 Å². The predicted octanol–water partition coefficient (Wildman–Crippen LogP) is 1.30. The van der Waals surface area contributed by atoms with Crippen molar-refractivity contribution < 1.29 is 18.8 Å². The van der Waals surface area contributed by atoms with Gasteiger partial charge in [0.2, 0.25) is 5.91 Å². The Hall–Kier alpha value is -3.29. The topological polar surface area (TPSA) is 109 Å². The number of hydrogen-bond donors (Lipinski definition) is 2. The average Bonchev–Trinajstić information content (AvgIpc) is 3.13. The zero-order valence-corrected chi connectivity index (χ0v) is 14.4. The molecule has 2 aromatic rings. The summed E-state index contributed by atoms with van der Waals surface area (Å²) in [5.74, 6) is -1.19. The Kier molecular flexibility index (Phi) is 4.92. The third-order valence-corrected chi connectivity index (χ3v) is 4.29. The number of nitrogens with one attached hydrogen (secondary N) is 1. The summed E-state index contributed by atoms with van der Waals surface area (Å²) in [6.07, 6.45) is 0. The van der Waals surface area contributed by atoms with Crippen LogP contribution in [0.3, 0.4) is 0 Å². The third kappa shape index (κ3) is 3.69. The zero-order valence-electron chi connectivity index (χ0n) is 14.4. The number of carbonyl (C=O) groups excluding carboxylic acids is 3. The highest BCUT2D eigenvalue weighted by Crippen LogP contribution is 2.27. The molecule has 1 aliphatic rings. The van der Waals surface area contributed by atoms with Crippen molar-refractivity contribution in [2.24, 2.45) is 5.73 Å². The SMILES string of the molecule is CC(=O)N1CCN(c2ccccc2NC(=O)c2ccc(C(N)=O)o2)CC1. The van der Waals surface area contributed by atoms with E-state index in [-0.39, 0.29) is 17.4 Å². The average molecular weight is 356 g/mol. The number of rotatable bonds is 4. The Morgan fingerprint density at radius 2 is 1.65 bits per heavy atom. The van der Waals surface area contributed by atoms with Gasteiger partial charge in [-0.2, -0.15) is 0 Å². The van der Waals surface area contributed by atoms with E-state index in [0.29, 0.717) is 31.9 Å². The van der Waals surface area contributed by atoms with Crippen LogP contribution in [0.5, 0.6) is 0 Å². The number of benzene rings is 1. The van der Waals surface area contributed by atoms with Gasteiger partial charge in [-0.05, 0) is 24.3 Å². The van der Waals surface area contributed by atoms with E-state index in [1.807, 2.05) is 18.2 Å². The molecule has 0 bridgehead atoms. The van der Waals surface area contributed by atoms with Crippen molar-refractivity contribution in [3.05, 3.63) is 47.9 Å². The highest BCUT2D eigenvalue weighted by atomic mass is 16.4. The van der Waals surface area contributed by atoms with Crippen molar-refractivity contribution in [3.63, 3.8) is 0 Å². The number of nitrogens with two attached hydrogens (primary N) is 1. The number of primary amides is 1. The lowest BCUT2D eigenvalue weighted by Gasteiger charge is -2.36. The van der Waals surface area contributed by atoms with Crippen LogP contribution in [0, 0.1) is 0 Å². The fourth-order valence-electron chi connectivity index (χ4n) is 2.89. The van der Waals surface area contributed by atoms with Gasteiger partial charge < -0.3 is 25.3 Å². The molecule has 26 heavy (non-hydrogen) atoms. The van der Waals surface area contributed by atoms with Crippen LogP contribution in [-0.2, 0) is 4.79 Å². The van der Waals surface area contributed by atoms with E-state index in [9.17, 15) is 14.4 Å². The Morgan fingerprint density at radius 1 is 1.00 bits per heavy atom. The summed E-state index contributed by atoms with van der Waals surface area (Å²) in [5, 5.41) is 2.80. The number of furan rings is 1. The first-order valence-electron chi connectivity index (χ1n) is 8.26. The molecule has 0 spiro atoms. The van der Waals surface area contributed by atoms with E-state index in [4.69, 9.17) is 10.2 Å². The van der Waals surface area contributed by atoms with Crippen LogP contribution in [0.2, 0.25) is 0 Å². The van der Waals surface area contributed by atoms with Gasteiger partial charge in [0.25, 0.3) is 11.8 Å². The van der Waals surface area contributed by atoms with Crippen LogP contribution in [0.4, 0.5) is 11.4 Å². The molecular formula is C18H20N4O4. The quantitative estimate of drug-likeness (QED) is 0.858. The van der Waals surface area contributed by atoms with Crippen LogP contribution in [0.25, 0.3) is 0 Å². The van der Waals surface area contributed by atoms with Gasteiger partial charge in [-0.15, -0.1) is 0 Å². The predicted molar refractivity (Wildman–Crippen MR) is 96.1 cm³/mol. The smallest absolute Gasteiger partial charge is 0.291 e. The standard InChI is InChI=1S/C18H20N4O4/c1-12(23)21-8-10-22(11-9-21)14-5-3-2-4-13(14)20-18(25)16-7-6-15(26-16)17(19)24/h2-7H,8-11H2,1H3,(H2,19,24)(H,20,25). The molecule has 8 heteroatoms. The van der Waals surface area contributed by atoms with Crippen LogP contribution in [0.15, 0.2) is 40.8 Å². The summed E-state index contributed by atoms with van der Waals surface area (Å²) in [6.45, 7) is 4.20. The normalized spacial score (nSPS) is 14.2. The number of nitrogens with zero attached hydrogens (tertiary/aromatic N) is 2. The van der Waals surface area contributed by atoms with Crippen LogP contribution >= 0.6 is 0 Å². The lowest BCUT2D eigenvalue weighted by molar-refractivity contribution is -0.129. The summed E-state index contributed by atoms with van der Waals surface area (Å²) < 4.78 is 5.16. The van der Waals surface area contributed by atoms with Crippen LogP contribution in [-0.4, -0.2) is 48.8 Å². The molecule has 1 saturated heterocycles. The molecular weight excluding hydrogens is 336 g/mol. The van der Waals surface area contributed by atoms with Gasteiger partial charge in [-0.25, -0.2) is 0 Å². The fourth-order valence-corrected chi connectivity index (χ4v) is 2.89. The minimum absolute atomic E-state index is 0.00926. The van der Waals surface area contributed by atoms with E-state index < -0.39 is 11.8 Å². The van der Waals surface area contributed by atoms with E-state index in [1.165, 1.54) is 12.1 Å².